The number of rotatable bonds is 7. The van der Waals surface area contributed by atoms with Gasteiger partial charge in [-0.2, -0.15) is 0 Å². The lowest BCUT2D eigenvalue weighted by molar-refractivity contribution is 0.0374. The van der Waals surface area contributed by atoms with E-state index in [1.807, 2.05) is 12.1 Å². The number of H-pyrrole nitrogens is 1. The zero-order valence-corrected chi connectivity index (χ0v) is 14.4. The van der Waals surface area contributed by atoms with Crippen molar-refractivity contribution >= 4 is 10.9 Å². The Morgan fingerprint density at radius 1 is 1.25 bits per heavy atom. The molecule has 2 N–H and O–H groups in total. The number of pyridine rings is 1. The monoisotopic (exact) mass is 329 g/mol. The number of morpholine rings is 1. The van der Waals surface area contributed by atoms with Crippen LogP contribution >= 0.6 is 0 Å². The molecule has 0 saturated carbocycles. The van der Waals surface area contributed by atoms with E-state index in [4.69, 9.17) is 4.74 Å². The highest BCUT2D eigenvalue weighted by Gasteiger charge is 2.09. The molecule has 2 aromatic rings. The largest absolute Gasteiger partial charge is 0.379 e. The summed E-state index contributed by atoms with van der Waals surface area (Å²) in [4.78, 5) is 17.6. The van der Waals surface area contributed by atoms with E-state index in [1.54, 1.807) is 0 Å². The van der Waals surface area contributed by atoms with Crippen LogP contribution in [0.5, 0.6) is 0 Å². The molecule has 1 aliphatic rings. The predicted molar refractivity (Wildman–Crippen MR) is 97.5 cm³/mol. The van der Waals surface area contributed by atoms with Gasteiger partial charge in [0.15, 0.2) is 0 Å². The average molecular weight is 329 g/mol. The third-order valence-electron chi connectivity index (χ3n) is 4.64. The van der Waals surface area contributed by atoms with E-state index in [0.717, 1.165) is 68.7 Å². The molecule has 2 heterocycles. The van der Waals surface area contributed by atoms with Gasteiger partial charge in [0.05, 0.1) is 13.2 Å². The molecule has 3 rings (SSSR count). The van der Waals surface area contributed by atoms with Crippen molar-refractivity contribution < 1.29 is 4.74 Å². The molecule has 24 heavy (non-hydrogen) atoms. The summed E-state index contributed by atoms with van der Waals surface area (Å²) in [5.41, 5.74) is 3.02. The molecular formula is C19H27N3O2. The topological polar surface area (TPSA) is 57.4 Å². The van der Waals surface area contributed by atoms with Crippen molar-refractivity contribution in [1.82, 2.24) is 15.2 Å². The van der Waals surface area contributed by atoms with Gasteiger partial charge in [0, 0.05) is 30.7 Å². The second-order valence-corrected chi connectivity index (χ2v) is 6.38. The molecule has 0 radical (unpaired) electrons. The van der Waals surface area contributed by atoms with Crippen LogP contribution in [0.4, 0.5) is 0 Å². The minimum Gasteiger partial charge on any atom is -0.379 e. The molecule has 0 atom stereocenters. The van der Waals surface area contributed by atoms with Crippen LogP contribution in [0.25, 0.3) is 10.9 Å². The maximum atomic E-state index is 12.2. The summed E-state index contributed by atoms with van der Waals surface area (Å²) < 4.78 is 5.35. The van der Waals surface area contributed by atoms with Crippen molar-refractivity contribution in [3.05, 3.63) is 45.7 Å². The second kappa shape index (κ2) is 8.42. The normalized spacial score (nSPS) is 15.9. The molecule has 130 valence electrons. The molecule has 1 aliphatic heterocycles. The summed E-state index contributed by atoms with van der Waals surface area (Å²) in [6.07, 6.45) is 2.09. The third-order valence-corrected chi connectivity index (χ3v) is 4.64. The van der Waals surface area contributed by atoms with Gasteiger partial charge < -0.3 is 15.0 Å². The summed E-state index contributed by atoms with van der Waals surface area (Å²) >= 11 is 0. The number of nitrogens with zero attached hydrogens (tertiary/aromatic N) is 1. The summed E-state index contributed by atoms with van der Waals surface area (Å²) in [6.45, 7) is 8.52. The number of hydrogen-bond acceptors (Lipinski definition) is 4. The molecule has 0 unspecified atom stereocenters. The second-order valence-electron chi connectivity index (χ2n) is 6.38. The van der Waals surface area contributed by atoms with Gasteiger partial charge in [-0.25, -0.2) is 0 Å². The average Bonchev–Trinajstić information content (AvgIpc) is 2.62. The van der Waals surface area contributed by atoms with Crippen LogP contribution in [0, 0.1) is 0 Å². The standard InChI is InChI=1S/C19H27N3O2/c1-2-15-4-5-18-16(12-15)13-17(19(23)21-18)14-20-6-3-7-22-8-10-24-11-9-22/h4-5,12-13,20H,2-3,6-11,14H2,1H3,(H,21,23). The Labute approximate surface area is 143 Å². The minimum atomic E-state index is 0.00688. The molecule has 1 aromatic heterocycles. The fourth-order valence-corrected chi connectivity index (χ4v) is 3.13. The first-order chi connectivity index (χ1) is 11.8. The first kappa shape index (κ1) is 17.1. The highest BCUT2D eigenvalue weighted by atomic mass is 16.5. The van der Waals surface area contributed by atoms with Crippen molar-refractivity contribution in [2.75, 3.05) is 39.4 Å². The Balaban J connectivity index is 1.52. The van der Waals surface area contributed by atoms with E-state index in [1.165, 1.54) is 5.56 Å². The summed E-state index contributed by atoms with van der Waals surface area (Å²) in [5, 5.41) is 4.51. The highest BCUT2D eigenvalue weighted by molar-refractivity contribution is 5.79. The Morgan fingerprint density at radius 2 is 2.08 bits per heavy atom. The van der Waals surface area contributed by atoms with E-state index >= 15 is 0 Å². The van der Waals surface area contributed by atoms with Gasteiger partial charge in [-0.05, 0) is 55.1 Å². The van der Waals surface area contributed by atoms with Gasteiger partial charge in [0.1, 0.15) is 0 Å². The van der Waals surface area contributed by atoms with Gasteiger partial charge in [0.2, 0.25) is 0 Å². The lowest BCUT2D eigenvalue weighted by Gasteiger charge is -2.26. The highest BCUT2D eigenvalue weighted by Crippen LogP contribution is 2.14. The smallest absolute Gasteiger partial charge is 0.252 e. The van der Waals surface area contributed by atoms with Crippen LogP contribution in [0.1, 0.15) is 24.5 Å². The number of aromatic amines is 1. The van der Waals surface area contributed by atoms with E-state index in [0.29, 0.717) is 6.54 Å². The SMILES string of the molecule is CCc1ccc2[nH]c(=O)c(CNCCCN3CCOCC3)cc2c1. The Hall–Kier alpha value is -1.69. The summed E-state index contributed by atoms with van der Waals surface area (Å²) in [6, 6.07) is 8.24. The zero-order valence-electron chi connectivity index (χ0n) is 14.4. The number of nitrogens with one attached hydrogen (secondary N) is 2. The lowest BCUT2D eigenvalue weighted by atomic mass is 10.1. The number of fused-ring (bicyclic) bond motifs is 1. The molecule has 0 amide bonds. The van der Waals surface area contributed by atoms with Crippen LogP contribution < -0.4 is 10.9 Å². The van der Waals surface area contributed by atoms with Gasteiger partial charge in [0.25, 0.3) is 5.56 Å². The zero-order chi connectivity index (χ0) is 16.8. The molecule has 1 fully saturated rings. The van der Waals surface area contributed by atoms with E-state index in [-0.39, 0.29) is 5.56 Å². The Kier molecular flexibility index (Phi) is 6.01. The minimum absolute atomic E-state index is 0.00688. The van der Waals surface area contributed by atoms with E-state index in [9.17, 15) is 4.79 Å². The van der Waals surface area contributed by atoms with E-state index in [2.05, 4.69) is 34.3 Å². The fraction of sp³-hybridized carbons (Fsp3) is 0.526. The maximum absolute atomic E-state index is 12.2. The quantitative estimate of drug-likeness (QED) is 0.762. The van der Waals surface area contributed by atoms with Crippen LogP contribution in [0.3, 0.4) is 0 Å². The number of aryl methyl sites for hydroxylation is 1. The first-order valence-electron chi connectivity index (χ1n) is 8.92. The Morgan fingerprint density at radius 3 is 2.88 bits per heavy atom. The van der Waals surface area contributed by atoms with Gasteiger partial charge in [-0.1, -0.05) is 13.0 Å². The van der Waals surface area contributed by atoms with Crippen molar-refractivity contribution in [3.8, 4) is 0 Å². The summed E-state index contributed by atoms with van der Waals surface area (Å²) in [5.74, 6) is 0. The van der Waals surface area contributed by atoms with E-state index < -0.39 is 0 Å². The number of hydrogen-bond donors (Lipinski definition) is 2. The van der Waals surface area contributed by atoms with Crippen molar-refractivity contribution in [1.29, 1.82) is 0 Å². The molecule has 0 spiro atoms. The predicted octanol–water partition coefficient (Wildman–Crippen LogP) is 1.90. The van der Waals surface area contributed by atoms with Crippen molar-refractivity contribution in [3.63, 3.8) is 0 Å². The first-order valence-corrected chi connectivity index (χ1v) is 8.92. The number of ether oxygens (including phenoxy) is 1. The molecule has 0 bridgehead atoms. The fourth-order valence-electron chi connectivity index (χ4n) is 3.13. The Bertz CT molecular complexity index is 720. The third kappa shape index (κ3) is 4.44. The van der Waals surface area contributed by atoms with Crippen LogP contribution in [-0.2, 0) is 17.7 Å². The molecular weight excluding hydrogens is 302 g/mol. The number of benzene rings is 1. The van der Waals surface area contributed by atoms with Crippen molar-refractivity contribution in [2.24, 2.45) is 0 Å². The van der Waals surface area contributed by atoms with Gasteiger partial charge >= 0.3 is 0 Å². The van der Waals surface area contributed by atoms with Crippen LogP contribution in [-0.4, -0.2) is 49.3 Å². The molecule has 1 aromatic carbocycles. The summed E-state index contributed by atoms with van der Waals surface area (Å²) in [7, 11) is 0. The molecule has 1 saturated heterocycles. The van der Waals surface area contributed by atoms with Crippen molar-refractivity contribution in [2.45, 2.75) is 26.3 Å². The molecule has 0 aliphatic carbocycles. The van der Waals surface area contributed by atoms with Gasteiger partial charge in [-0.3, -0.25) is 9.69 Å². The van der Waals surface area contributed by atoms with Crippen LogP contribution in [0.15, 0.2) is 29.1 Å². The molecule has 5 heteroatoms. The molecule has 5 nitrogen and oxygen atoms in total. The lowest BCUT2D eigenvalue weighted by Crippen LogP contribution is -2.37. The van der Waals surface area contributed by atoms with Crippen LogP contribution in [0.2, 0.25) is 0 Å². The van der Waals surface area contributed by atoms with Gasteiger partial charge in [-0.15, -0.1) is 0 Å². The maximum Gasteiger partial charge on any atom is 0.252 e. The number of aromatic nitrogens is 1.